The lowest BCUT2D eigenvalue weighted by molar-refractivity contribution is 0.0338. The molecule has 1 aromatic rings. The Hall–Kier alpha value is -1.66. The second-order valence-electron chi connectivity index (χ2n) is 6.58. The van der Waals surface area contributed by atoms with Gasteiger partial charge in [-0.25, -0.2) is 0 Å². The summed E-state index contributed by atoms with van der Waals surface area (Å²) < 4.78 is 0. The van der Waals surface area contributed by atoms with Crippen molar-refractivity contribution in [2.24, 2.45) is 5.92 Å². The Morgan fingerprint density at radius 2 is 1.95 bits per heavy atom. The quantitative estimate of drug-likeness (QED) is 0.782. The predicted molar refractivity (Wildman–Crippen MR) is 82.1 cm³/mol. The van der Waals surface area contributed by atoms with Gasteiger partial charge in [0.25, 0.3) is 0 Å². The third-order valence-corrected chi connectivity index (χ3v) is 5.35. The third-order valence-electron chi connectivity index (χ3n) is 5.35. The molecule has 0 radical (unpaired) electrons. The molecule has 2 heterocycles. The van der Waals surface area contributed by atoms with Gasteiger partial charge in [-0.15, -0.1) is 0 Å². The van der Waals surface area contributed by atoms with Crippen molar-refractivity contribution in [3.8, 4) is 6.07 Å². The molecule has 0 amide bonds. The van der Waals surface area contributed by atoms with Crippen LogP contribution in [0.25, 0.3) is 0 Å². The molecule has 0 saturated carbocycles. The van der Waals surface area contributed by atoms with Crippen LogP contribution in [-0.2, 0) is 0 Å². The number of carbonyl (C=O) groups excluding carboxylic acids is 1. The van der Waals surface area contributed by atoms with Crippen LogP contribution >= 0.6 is 0 Å². The van der Waals surface area contributed by atoms with Crippen molar-refractivity contribution >= 4 is 5.78 Å². The molecule has 3 nitrogen and oxygen atoms in total. The number of Topliss-reactive ketones (excluding diaryl/α,β-unsaturated/α-hetero) is 1. The molecule has 1 aromatic carbocycles. The number of piperidine rings is 2. The average molecular weight is 282 g/mol. The Morgan fingerprint density at radius 1 is 1.29 bits per heavy atom. The molecule has 2 atom stereocenters. The summed E-state index contributed by atoms with van der Waals surface area (Å²) in [5.41, 5.74) is 2.27. The fourth-order valence-corrected chi connectivity index (χ4v) is 3.96. The van der Waals surface area contributed by atoms with Crippen LogP contribution in [0.1, 0.15) is 53.6 Å². The van der Waals surface area contributed by atoms with Crippen LogP contribution in [0, 0.1) is 24.2 Å². The zero-order chi connectivity index (χ0) is 15.0. The van der Waals surface area contributed by atoms with Crippen molar-refractivity contribution in [2.45, 2.75) is 51.1 Å². The summed E-state index contributed by atoms with van der Waals surface area (Å²) >= 11 is 0. The van der Waals surface area contributed by atoms with E-state index in [4.69, 9.17) is 5.26 Å². The number of aryl methyl sites for hydroxylation is 1. The molecule has 110 valence electrons. The van der Waals surface area contributed by atoms with Crippen LogP contribution < -0.4 is 0 Å². The average Bonchev–Trinajstić information content (AvgIpc) is 2.47. The van der Waals surface area contributed by atoms with Crippen LogP contribution in [0.5, 0.6) is 0 Å². The molecule has 0 aromatic heterocycles. The molecule has 2 saturated heterocycles. The molecule has 3 rings (SSSR count). The van der Waals surface area contributed by atoms with Crippen molar-refractivity contribution in [3.63, 3.8) is 0 Å². The van der Waals surface area contributed by atoms with Gasteiger partial charge in [0, 0.05) is 23.6 Å². The Morgan fingerprint density at radius 3 is 2.57 bits per heavy atom. The summed E-state index contributed by atoms with van der Waals surface area (Å²) in [5, 5.41) is 9.13. The molecule has 0 N–H and O–H groups in total. The normalized spacial score (nSPS) is 28.9. The number of rotatable bonds is 2. The molecule has 0 spiro atoms. The summed E-state index contributed by atoms with van der Waals surface area (Å²) in [4.78, 5) is 15.3. The zero-order valence-corrected chi connectivity index (χ0v) is 12.8. The highest BCUT2D eigenvalue weighted by Gasteiger charge is 2.38. The van der Waals surface area contributed by atoms with Crippen molar-refractivity contribution in [1.29, 1.82) is 5.26 Å². The molecular weight excluding hydrogens is 260 g/mol. The number of fused-ring (bicyclic) bond motifs is 2. The molecule has 3 heteroatoms. The smallest absolute Gasteiger partial charge is 0.166 e. The lowest BCUT2D eigenvalue weighted by atomic mass is 9.76. The topological polar surface area (TPSA) is 44.1 Å². The lowest BCUT2D eigenvalue weighted by Crippen LogP contribution is -2.51. The van der Waals surface area contributed by atoms with Crippen molar-refractivity contribution in [2.75, 3.05) is 7.05 Å². The van der Waals surface area contributed by atoms with E-state index in [1.165, 1.54) is 19.3 Å². The van der Waals surface area contributed by atoms with E-state index in [2.05, 4.69) is 18.0 Å². The van der Waals surface area contributed by atoms with Gasteiger partial charge >= 0.3 is 0 Å². The first kappa shape index (κ1) is 14.3. The van der Waals surface area contributed by atoms with E-state index in [1.807, 2.05) is 19.1 Å². The molecule has 2 aliphatic heterocycles. The van der Waals surface area contributed by atoms with Crippen molar-refractivity contribution < 1.29 is 4.79 Å². The van der Waals surface area contributed by atoms with Gasteiger partial charge in [0.2, 0.25) is 0 Å². The van der Waals surface area contributed by atoms with E-state index in [-0.39, 0.29) is 11.7 Å². The standard InChI is InChI=1S/C18H22N2O/c1-12-6-7-13(8-15(12)11-19)18(21)14-9-16-4-3-5-17(10-14)20(16)2/h6-8,14,16-17H,3-5,9-10H2,1-2H3. The Balaban J connectivity index is 1.81. The molecule has 21 heavy (non-hydrogen) atoms. The second-order valence-corrected chi connectivity index (χ2v) is 6.58. The minimum absolute atomic E-state index is 0.130. The SMILES string of the molecule is Cc1ccc(C(=O)C2CC3CCCC(C2)N3C)cc1C#N. The summed E-state index contributed by atoms with van der Waals surface area (Å²) in [7, 11) is 2.20. The van der Waals surface area contributed by atoms with Crippen LogP contribution in [0.3, 0.4) is 0 Å². The fraction of sp³-hybridized carbons (Fsp3) is 0.556. The van der Waals surface area contributed by atoms with Gasteiger partial charge in [0.05, 0.1) is 11.6 Å². The third kappa shape index (κ3) is 2.61. The number of benzene rings is 1. The maximum absolute atomic E-state index is 12.8. The van der Waals surface area contributed by atoms with Gasteiger partial charge < -0.3 is 4.90 Å². The van der Waals surface area contributed by atoms with Gasteiger partial charge in [-0.3, -0.25) is 4.79 Å². The van der Waals surface area contributed by atoms with E-state index in [9.17, 15) is 4.79 Å². The summed E-state index contributed by atoms with van der Waals surface area (Å²) in [6.07, 6.45) is 5.68. The number of hydrogen-bond donors (Lipinski definition) is 0. The highest BCUT2D eigenvalue weighted by molar-refractivity contribution is 5.98. The number of carbonyl (C=O) groups is 1. The molecule has 2 unspecified atom stereocenters. The monoisotopic (exact) mass is 282 g/mol. The highest BCUT2D eigenvalue weighted by Crippen LogP contribution is 2.37. The van der Waals surface area contributed by atoms with Gasteiger partial charge in [0.1, 0.15) is 0 Å². The van der Waals surface area contributed by atoms with Crippen molar-refractivity contribution in [3.05, 3.63) is 34.9 Å². The Kier molecular flexibility index (Phi) is 3.82. The number of nitrogens with zero attached hydrogens (tertiary/aromatic N) is 2. The Labute approximate surface area is 126 Å². The number of nitriles is 1. The van der Waals surface area contributed by atoms with Gasteiger partial charge in [-0.05, 0) is 51.3 Å². The Bertz CT molecular complexity index is 588. The summed E-state index contributed by atoms with van der Waals surface area (Å²) in [6, 6.07) is 8.85. The minimum Gasteiger partial charge on any atom is -0.300 e. The maximum Gasteiger partial charge on any atom is 0.166 e. The molecular formula is C18H22N2O. The predicted octanol–water partition coefficient (Wildman–Crippen LogP) is 3.31. The zero-order valence-electron chi connectivity index (χ0n) is 12.8. The molecule has 2 bridgehead atoms. The van der Waals surface area contributed by atoms with Crippen LogP contribution in [-0.4, -0.2) is 29.8 Å². The molecule has 2 aliphatic rings. The van der Waals surface area contributed by atoms with Gasteiger partial charge in [-0.2, -0.15) is 5.26 Å². The van der Waals surface area contributed by atoms with Crippen LogP contribution in [0.2, 0.25) is 0 Å². The van der Waals surface area contributed by atoms with Crippen LogP contribution in [0.15, 0.2) is 18.2 Å². The van der Waals surface area contributed by atoms with E-state index >= 15 is 0 Å². The van der Waals surface area contributed by atoms with Crippen molar-refractivity contribution in [1.82, 2.24) is 4.90 Å². The highest BCUT2D eigenvalue weighted by atomic mass is 16.1. The van der Waals surface area contributed by atoms with E-state index in [0.29, 0.717) is 23.2 Å². The first-order valence-corrected chi connectivity index (χ1v) is 7.87. The van der Waals surface area contributed by atoms with Crippen LogP contribution in [0.4, 0.5) is 0 Å². The van der Waals surface area contributed by atoms with E-state index < -0.39 is 0 Å². The van der Waals surface area contributed by atoms with E-state index in [0.717, 1.165) is 18.4 Å². The number of ketones is 1. The fourth-order valence-electron chi connectivity index (χ4n) is 3.96. The summed E-state index contributed by atoms with van der Waals surface area (Å²) in [6.45, 7) is 1.91. The first-order valence-electron chi connectivity index (χ1n) is 7.87. The maximum atomic E-state index is 12.8. The summed E-state index contributed by atoms with van der Waals surface area (Å²) in [5.74, 6) is 0.363. The first-order chi connectivity index (χ1) is 10.1. The largest absolute Gasteiger partial charge is 0.300 e. The van der Waals surface area contributed by atoms with Gasteiger partial charge in [-0.1, -0.05) is 18.6 Å². The van der Waals surface area contributed by atoms with Gasteiger partial charge in [0.15, 0.2) is 5.78 Å². The molecule has 0 aliphatic carbocycles. The lowest BCUT2D eigenvalue weighted by Gasteiger charge is -2.46. The number of hydrogen-bond acceptors (Lipinski definition) is 3. The second kappa shape index (κ2) is 5.61. The molecule has 2 fully saturated rings. The van der Waals surface area contributed by atoms with E-state index in [1.54, 1.807) is 6.07 Å². The minimum atomic E-state index is 0.130.